The highest BCUT2D eigenvalue weighted by Crippen LogP contribution is 1.90. The summed E-state index contributed by atoms with van der Waals surface area (Å²) in [6.07, 6.45) is 3.13. The minimum absolute atomic E-state index is 0.408. The molecule has 1 rings (SSSR count). The van der Waals surface area contributed by atoms with Crippen molar-refractivity contribution in [2.75, 3.05) is 13.1 Å². The maximum Gasteiger partial charge on any atom is 0.0860 e. The van der Waals surface area contributed by atoms with Crippen LogP contribution in [0.5, 0.6) is 0 Å². The number of aliphatic hydroxyl groups excluding tert-OH is 1. The molecule has 2 N–H and O–H groups in total. The Balaban J connectivity index is 2.16. The van der Waals surface area contributed by atoms with Crippen LogP contribution in [0.25, 0.3) is 0 Å². The third kappa shape index (κ3) is 4.20. The molecule has 0 aliphatic carbocycles. The summed E-state index contributed by atoms with van der Waals surface area (Å²) in [6.45, 7) is 7.55. The van der Waals surface area contributed by atoms with Gasteiger partial charge in [-0.05, 0) is 13.0 Å². The van der Waals surface area contributed by atoms with Gasteiger partial charge in [0.25, 0.3) is 0 Å². The molecule has 0 aliphatic rings. The van der Waals surface area contributed by atoms with Crippen LogP contribution < -0.4 is 5.32 Å². The molecule has 0 radical (unpaired) electrons. The molecule has 1 aromatic heterocycles. The lowest BCUT2D eigenvalue weighted by Crippen LogP contribution is -2.31. The molecule has 0 saturated carbocycles. The maximum absolute atomic E-state index is 9.58. The molecule has 4 nitrogen and oxygen atoms in total. The molecule has 0 aromatic carbocycles. The molecule has 4 heteroatoms. The Kier molecular flexibility index (Phi) is 4.35. The molecule has 0 fully saturated rings. The summed E-state index contributed by atoms with van der Waals surface area (Å²) in [7, 11) is 0. The molecule has 1 aromatic rings. The molecule has 1 atom stereocenters. The molecule has 1 unspecified atom stereocenters. The van der Waals surface area contributed by atoms with Crippen molar-refractivity contribution in [2.24, 2.45) is 0 Å². The van der Waals surface area contributed by atoms with E-state index in [2.05, 4.69) is 17.0 Å². The first-order valence-electron chi connectivity index (χ1n) is 4.69. The summed E-state index contributed by atoms with van der Waals surface area (Å²) >= 11 is 0. The van der Waals surface area contributed by atoms with Crippen molar-refractivity contribution >= 4 is 0 Å². The van der Waals surface area contributed by atoms with Gasteiger partial charge in [-0.1, -0.05) is 12.2 Å². The molecule has 0 spiro atoms. The van der Waals surface area contributed by atoms with E-state index in [0.29, 0.717) is 13.1 Å². The summed E-state index contributed by atoms with van der Waals surface area (Å²) in [5, 5.41) is 16.7. The van der Waals surface area contributed by atoms with E-state index in [4.69, 9.17) is 0 Å². The minimum Gasteiger partial charge on any atom is -0.390 e. The van der Waals surface area contributed by atoms with Gasteiger partial charge < -0.3 is 10.4 Å². The molecule has 0 saturated heterocycles. The summed E-state index contributed by atoms with van der Waals surface area (Å²) < 4.78 is 1.72. The van der Waals surface area contributed by atoms with Crippen LogP contribution in [-0.2, 0) is 6.54 Å². The van der Waals surface area contributed by atoms with Gasteiger partial charge >= 0.3 is 0 Å². The average molecular weight is 195 g/mol. The van der Waals surface area contributed by atoms with E-state index in [1.165, 1.54) is 0 Å². The van der Waals surface area contributed by atoms with E-state index >= 15 is 0 Å². The van der Waals surface area contributed by atoms with Crippen LogP contribution in [0.3, 0.4) is 0 Å². The molecule has 78 valence electrons. The molecule has 14 heavy (non-hydrogen) atoms. The highest BCUT2D eigenvalue weighted by atomic mass is 16.3. The Hall–Kier alpha value is -1.13. The SMILES string of the molecule is C=C(C)CNCC(O)Cn1cccn1. The van der Waals surface area contributed by atoms with Crippen LogP contribution in [0, 0.1) is 0 Å². The van der Waals surface area contributed by atoms with Gasteiger partial charge in [-0.25, -0.2) is 0 Å². The Bertz CT molecular complexity index is 269. The van der Waals surface area contributed by atoms with Crippen molar-refractivity contribution in [1.82, 2.24) is 15.1 Å². The van der Waals surface area contributed by atoms with Crippen molar-refractivity contribution in [3.8, 4) is 0 Å². The van der Waals surface area contributed by atoms with Gasteiger partial charge in [-0.2, -0.15) is 5.10 Å². The summed E-state index contributed by atoms with van der Waals surface area (Å²) in [5.74, 6) is 0. The number of hydrogen-bond donors (Lipinski definition) is 2. The van der Waals surface area contributed by atoms with Gasteiger partial charge in [0.05, 0.1) is 12.6 Å². The van der Waals surface area contributed by atoms with Crippen molar-refractivity contribution in [3.63, 3.8) is 0 Å². The van der Waals surface area contributed by atoms with Gasteiger partial charge in [-0.15, -0.1) is 0 Å². The van der Waals surface area contributed by atoms with Gasteiger partial charge in [0.2, 0.25) is 0 Å². The number of nitrogens with one attached hydrogen (secondary N) is 1. The fourth-order valence-electron chi connectivity index (χ4n) is 1.14. The molecule has 1 heterocycles. The van der Waals surface area contributed by atoms with Gasteiger partial charge in [0.1, 0.15) is 0 Å². The predicted molar refractivity (Wildman–Crippen MR) is 55.9 cm³/mol. The number of aromatic nitrogens is 2. The van der Waals surface area contributed by atoms with E-state index in [9.17, 15) is 5.11 Å². The zero-order valence-corrected chi connectivity index (χ0v) is 8.48. The quantitative estimate of drug-likeness (QED) is 0.646. The van der Waals surface area contributed by atoms with E-state index in [1.54, 1.807) is 10.9 Å². The zero-order chi connectivity index (χ0) is 10.4. The fourth-order valence-corrected chi connectivity index (χ4v) is 1.14. The molecule has 0 bridgehead atoms. The first-order chi connectivity index (χ1) is 6.68. The topological polar surface area (TPSA) is 50.1 Å². The van der Waals surface area contributed by atoms with Crippen LogP contribution in [0.1, 0.15) is 6.92 Å². The molecular weight excluding hydrogens is 178 g/mol. The number of aliphatic hydroxyl groups is 1. The van der Waals surface area contributed by atoms with Crippen LogP contribution in [0.15, 0.2) is 30.6 Å². The lowest BCUT2D eigenvalue weighted by Gasteiger charge is -2.11. The van der Waals surface area contributed by atoms with Crippen molar-refractivity contribution in [3.05, 3.63) is 30.6 Å². The second-order valence-corrected chi connectivity index (χ2v) is 3.47. The van der Waals surface area contributed by atoms with Crippen molar-refractivity contribution in [1.29, 1.82) is 0 Å². The fraction of sp³-hybridized carbons (Fsp3) is 0.500. The lowest BCUT2D eigenvalue weighted by atomic mass is 10.3. The van der Waals surface area contributed by atoms with Crippen LogP contribution in [-0.4, -0.2) is 34.1 Å². The Labute approximate surface area is 84.2 Å². The second-order valence-electron chi connectivity index (χ2n) is 3.47. The third-order valence-electron chi connectivity index (χ3n) is 1.76. The Morgan fingerprint density at radius 1 is 1.71 bits per heavy atom. The van der Waals surface area contributed by atoms with Crippen molar-refractivity contribution in [2.45, 2.75) is 19.6 Å². The molecule has 0 amide bonds. The minimum atomic E-state index is -0.408. The third-order valence-corrected chi connectivity index (χ3v) is 1.76. The van der Waals surface area contributed by atoms with Crippen molar-refractivity contribution < 1.29 is 5.11 Å². The maximum atomic E-state index is 9.58. The second kappa shape index (κ2) is 5.57. The number of hydrogen-bond acceptors (Lipinski definition) is 3. The zero-order valence-electron chi connectivity index (χ0n) is 8.48. The lowest BCUT2D eigenvalue weighted by molar-refractivity contribution is 0.148. The number of rotatable bonds is 6. The van der Waals surface area contributed by atoms with Crippen LogP contribution >= 0.6 is 0 Å². The Morgan fingerprint density at radius 2 is 2.50 bits per heavy atom. The highest BCUT2D eigenvalue weighted by Gasteiger charge is 2.03. The average Bonchev–Trinajstić information content (AvgIpc) is 2.56. The van der Waals surface area contributed by atoms with Crippen LogP contribution in [0.4, 0.5) is 0 Å². The first kappa shape index (κ1) is 10.9. The van der Waals surface area contributed by atoms with Gasteiger partial charge in [-0.3, -0.25) is 4.68 Å². The largest absolute Gasteiger partial charge is 0.390 e. The standard InChI is InChI=1S/C10H17N3O/c1-9(2)6-11-7-10(14)8-13-5-3-4-12-13/h3-5,10-11,14H,1,6-8H2,2H3. The Morgan fingerprint density at radius 3 is 3.07 bits per heavy atom. The van der Waals surface area contributed by atoms with E-state index in [-0.39, 0.29) is 0 Å². The van der Waals surface area contributed by atoms with E-state index in [1.807, 2.05) is 19.2 Å². The van der Waals surface area contributed by atoms with Gasteiger partial charge in [0, 0.05) is 25.5 Å². The summed E-state index contributed by atoms with van der Waals surface area (Å²) in [6, 6.07) is 1.84. The summed E-state index contributed by atoms with van der Waals surface area (Å²) in [5.41, 5.74) is 1.07. The van der Waals surface area contributed by atoms with Crippen LogP contribution in [0.2, 0.25) is 0 Å². The van der Waals surface area contributed by atoms with E-state index < -0.39 is 6.10 Å². The highest BCUT2D eigenvalue weighted by molar-refractivity contribution is 4.90. The van der Waals surface area contributed by atoms with Gasteiger partial charge in [0.15, 0.2) is 0 Å². The normalized spacial score (nSPS) is 12.7. The molecular formula is C10H17N3O. The summed E-state index contributed by atoms with van der Waals surface area (Å²) in [4.78, 5) is 0. The monoisotopic (exact) mass is 195 g/mol. The molecule has 0 aliphatic heterocycles. The first-order valence-corrected chi connectivity index (χ1v) is 4.69. The predicted octanol–water partition coefficient (Wildman–Crippen LogP) is 0.410. The number of nitrogens with zero attached hydrogens (tertiary/aromatic N) is 2. The smallest absolute Gasteiger partial charge is 0.0860 e. The van der Waals surface area contributed by atoms with E-state index in [0.717, 1.165) is 12.1 Å².